The van der Waals surface area contributed by atoms with Crippen molar-refractivity contribution in [1.82, 2.24) is 5.32 Å². The highest BCUT2D eigenvalue weighted by Gasteiger charge is 2.21. The van der Waals surface area contributed by atoms with E-state index in [9.17, 15) is 18.0 Å². The number of rotatable bonds is 6. The number of carbonyl (C=O) groups is 2. The van der Waals surface area contributed by atoms with Crippen molar-refractivity contribution in [3.05, 3.63) is 64.7 Å². The number of aryl methyl sites for hydroxylation is 2. The Kier molecular flexibility index (Phi) is 6.38. The van der Waals surface area contributed by atoms with Gasteiger partial charge in [0.05, 0.1) is 10.5 Å². The number of amides is 1. The molecule has 0 unspecified atom stereocenters. The molecule has 1 amide bonds. The predicted molar refractivity (Wildman–Crippen MR) is 102 cm³/mol. The molecule has 0 saturated heterocycles. The van der Waals surface area contributed by atoms with Crippen molar-refractivity contribution in [2.24, 2.45) is 0 Å². The summed E-state index contributed by atoms with van der Waals surface area (Å²) in [5.74, 6) is -1.17. The molecule has 0 fully saturated rings. The van der Waals surface area contributed by atoms with Gasteiger partial charge in [0.15, 0.2) is 15.9 Å². The number of hydrogen-bond donors (Lipinski definition) is 1. The van der Waals surface area contributed by atoms with Crippen molar-refractivity contribution in [2.75, 3.05) is 6.26 Å². The molecule has 144 valence electrons. The Balaban J connectivity index is 2.02. The van der Waals surface area contributed by atoms with Crippen LogP contribution in [0.3, 0.4) is 0 Å². The van der Waals surface area contributed by atoms with Crippen LogP contribution in [0.1, 0.15) is 34.0 Å². The van der Waals surface area contributed by atoms with E-state index in [1.54, 1.807) is 6.92 Å². The van der Waals surface area contributed by atoms with Gasteiger partial charge in [-0.05, 0) is 44.0 Å². The lowest BCUT2D eigenvalue weighted by Crippen LogP contribution is -2.35. The summed E-state index contributed by atoms with van der Waals surface area (Å²) in [6, 6.07) is 11.9. The summed E-state index contributed by atoms with van der Waals surface area (Å²) in [5.41, 5.74) is 2.75. The first-order valence-corrected chi connectivity index (χ1v) is 10.3. The number of nitrogens with one attached hydrogen (secondary N) is 1. The monoisotopic (exact) mass is 389 g/mol. The molecule has 27 heavy (non-hydrogen) atoms. The van der Waals surface area contributed by atoms with Crippen LogP contribution in [0.2, 0.25) is 0 Å². The topological polar surface area (TPSA) is 89.5 Å². The van der Waals surface area contributed by atoms with E-state index in [2.05, 4.69) is 5.32 Å². The Labute approximate surface area is 159 Å². The molecule has 2 rings (SSSR count). The van der Waals surface area contributed by atoms with Crippen LogP contribution in [0.4, 0.5) is 0 Å². The Morgan fingerprint density at radius 1 is 1.07 bits per heavy atom. The molecule has 2 aromatic carbocycles. The fourth-order valence-corrected chi connectivity index (χ4v) is 3.02. The van der Waals surface area contributed by atoms with Crippen molar-refractivity contribution in [2.45, 2.75) is 38.3 Å². The van der Waals surface area contributed by atoms with Crippen molar-refractivity contribution < 1.29 is 22.7 Å². The van der Waals surface area contributed by atoms with Gasteiger partial charge in [0.1, 0.15) is 0 Å². The first kappa shape index (κ1) is 20.6. The van der Waals surface area contributed by atoms with Crippen LogP contribution in [0.15, 0.2) is 47.4 Å². The summed E-state index contributed by atoms with van der Waals surface area (Å²) in [5, 5.41) is 2.71. The first-order chi connectivity index (χ1) is 12.6. The SMILES string of the molecule is Cc1ccc(CNC(=O)[C@H](C)OC(=O)c2cc(S(C)(=O)=O)ccc2C)cc1. The van der Waals surface area contributed by atoms with Gasteiger partial charge in [-0.2, -0.15) is 0 Å². The number of hydrogen-bond acceptors (Lipinski definition) is 5. The van der Waals surface area contributed by atoms with Crippen molar-refractivity contribution >= 4 is 21.7 Å². The molecule has 0 aliphatic rings. The van der Waals surface area contributed by atoms with E-state index in [1.165, 1.54) is 25.1 Å². The Bertz CT molecular complexity index is 949. The third-order valence-corrected chi connectivity index (χ3v) is 5.21. The van der Waals surface area contributed by atoms with Gasteiger partial charge in [0, 0.05) is 12.8 Å². The first-order valence-electron chi connectivity index (χ1n) is 8.43. The molecular weight excluding hydrogens is 366 g/mol. The second-order valence-corrected chi connectivity index (χ2v) is 8.52. The quantitative estimate of drug-likeness (QED) is 0.767. The van der Waals surface area contributed by atoms with E-state index in [0.29, 0.717) is 12.1 Å². The van der Waals surface area contributed by atoms with Crippen LogP contribution >= 0.6 is 0 Å². The Hall–Kier alpha value is -2.67. The lowest BCUT2D eigenvalue weighted by molar-refractivity contribution is -0.129. The van der Waals surface area contributed by atoms with Crippen molar-refractivity contribution in [3.8, 4) is 0 Å². The van der Waals surface area contributed by atoms with Gasteiger partial charge >= 0.3 is 5.97 Å². The number of benzene rings is 2. The highest BCUT2D eigenvalue weighted by atomic mass is 32.2. The molecule has 0 aliphatic heterocycles. The van der Waals surface area contributed by atoms with Gasteiger partial charge in [-0.25, -0.2) is 13.2 Å². The summed E-state index contributed by atoms with van der Waals surface area (Å²) in [4.78, 5) is 24.6. The third kappa shape index (κ3) is 5.65. The lowest BCUT2D eigenvalue weighted by atomic mass is 10.1. The maximum absolute atomic E-state index is 12.4. The summed E-state index contributed by atoms with van der Waals surface area (Å²) >= 11 is 0. The zero-order chi connectivity index (χ0) is 20.2. The maximum Gasteiger partial charge on any atom is 0.339 e. The average molecular weight is 389 g/mol. The van der Waals surface area contributed by atoms with Gasteiger partial charge in [-0.3, -0.25) is 4.79 Å². The van der Waals surface area contributed by atoms with Crippen LogP contribution in [0.25, 0.3) is 0 Å². The average Bonchev–Trinajstić information content (AvgIpc) is 2.60. The predicted octanol–water partition coefficient (Wildman–Crippen LogP) is 2.57. The van der Waals surface area contributed by atoms with Crippen molar-refractivity contribution in [1.29, 1.82) is 0 Å². The van der Waals surface area contributed by atoms with Crippen LogP contribution in [-0.2, 0) is 25.9 Å². The Morgan fingerprint density at radius 2 is 1.70 bits per heavy atom. The molecule has 7 heteroatoms. The normalized spacial score (nSPS) is 12.3. The standard InChI is InChI=1S/C20H23NO5S/c1-13-5-8-16(9-6-13)12-21-19(22)15(3)26-20(23)18-11-17(27(4,24)25)10-7-14(18)2/h5-11,15H,12H2,1-4H3,(H,21,22)/t15-/m0/s1. The molecule has 0 saturated carbocycles. The molecular formula is C20H23NO5S. The van der Waals surface area contributed by atoms with Crippen LogP contribution < -0.4 is 5.32 Å². The molecule has 6 nitrogen and oxygen atoms in total. The highest BCUT2D eigenvalue weighted by Crippen LogP contribution is 2.17. The summed E-state index contributed by atoms with van der Waals surface area (Å²) in [7, 11) is -3.45. The molecule has 0 heterocycles. The molecule has 0 bridgehead atoms. The zero-order valence-corrected chi connectivity index (χ0v) is 16.6. The van der Waals surface area contributed by atoms with Gasteiger partial charge in [0.2, 0.25) is 0 Å². The molecule has 1 N–H and O–H groups in total. The number of esters is 1. The van der Waals surface area contributed by atoms with E-state index < -0.39 is 27.8 Å². The van der Waals surface area contributed by atoms with Gasteiger partial charge < -0.3 is 10.1 Å². The minimum Gasteiger partial charge on any atom is -0.449 e. The zero-order valence-electron chi connectivity index (χ0n) is 15.8. The maximum atomic E-state index is 12.4. The number of ether oxygens (including phenoxy) is 1. The molecule has 0 aliphatic carbocycles. The van der Waals surface area contributed by atoms with Crippen LogP contribution in [0.5, 0.6) is 0 Å². The van der Waals surface area contributed by atoms with Gasteiger partial charge in [0.25, 0.3) is 5.91 Å². The minimum atomic E-state index is -3.45. The fraction of sp³-hybridized carbons (Fsp3) is 0.300. The molecule has 2 aromatic rings. The van der Waals surface area contributed by atoms with Crippen molar-refractivity contribution in [3.63, 3.8) is 0 Å². The van der Waals surface area contributed by atoms with E-state index >= 15 is 0 Å². The van der Waals surface area contributed by atoms with Crippen LogP contribution in [-0.4, -0.2) is 32.7 Å². The number of sulfone groups is 1. The van der Waals surface area contributed by atoms with E-state index in [0.717, 1.165) is 17.4 Å². The van der Waals surface area contributed by atoms with E-state index in [4.69, 9.17) is 4.74 Å². The smallest absolute Gasteiger partial charge is 0.339 e. The minimum absolute atomic E-state index is 0.0246. The highest BCUT2D eigenvalue weighted by molar-refractivity contribution is 7.90. The van der Waals surface area contributed by atoms with E-state index in [1.807, 2.05) is 31.2 Å². The fourth-order valence-electron chi connectivity index (χ4n) is 2.37. The Morgan fingerprint density at radius 3 is 2.30 bits per heavy atom. The summed E-state index contributed by atoms with van der Waals surface area (Å²) in [6.45, 7) is 5.44. The molecule has 1 atom stereocenters. The number of carbonyl (C=O) groups excluding carboxylic acids is 2. The second kappa shape index (κ2) is 8.35. The lowest BCUT2D eigenvalue weighted by Gasteiger charge is -2.15. The molecule has 0 spiro atoms. The van der Waals surface area contributed by atoms with Gasteiger partial charge in [-0.1, -0.05) is 35.9 Å². The third-order valence-electron chi connectivity index (χ3n) is 4.10. The second-order valence-electron chi connectivity index (χ2n) is 6.50. The van der Waals surface area contributed by atoms with E-state index in [-0.39, 0.29) is 10.5 Å². The van der Waals surface area contributed by atoms with Gasteiger partial charge in [-0.15, -0.1) is 0 Å². The summed E-state index contributed by atoms with van der Waals surface area (Å²) in [6.07, 6.45) is 0.0535. The molecule has 0 radical (unpaired) electrons. The summed E-state index contributed by atoms with van der Waals surface area (Å²) < 4.78 is 28.6. The molecule has 0 aromatic heterocycles. The largest absolute Gasteiger partial charge is 0.449 e. The van der Waals surface area contributed by atoms with Crippen LogP contribution in [0, 0.1) is 13.8 Å².